The zero-order chi connectivity index (χ0) is 24.9. The Morgan fingerprint density at radius 2 is 1.65 bits per heavy atom. The van der Waals surface area contributed by atoms with E-state index in [0.717, 1.165) is 16.7 Å². The van der Waals surface area contributed by atoms with E-state index in [4.69, 9.17) is 9.47 Å². The number of benzene rings is 3. The summed E-state index contributed by atoms with van der Waals surface area (Å²) < 4.78 is 39.4. The van der Waals surface area contributed by atoms with Gasteiger partial charge in [0.15, 0.2) is 6.10 Å². The predicted octanol–water partition coefficient (Wildman–Crippen LogP) is 5.22. The van der Waals surface area contributed by atoms with Gasteiger partial charge in [-0.05, 0) is 92.4 Å². The summed E-state index contributed by atoms with van der Waals surface area (Å²) in [6.45, 7) is 7.73. The maximum atomic E-state index is 12.8. The molecule has 0 aliphatic carbocycles. The van der Waals surface area contributed by atoms with Crippen molar-refractivity contribution in [2.45, 2.75) is 45.1 Å². The van der Waals surface area contributed by atoms with Gasteiger partial charge in [0.2, 0.25) is 0 Å². The lowest BCUT2D eigenvalue weighted by molar-refractivity contribution is -0.122. The molecule has 0 radical (unpaired) electrons. The molecule has 1 amide bonds. The van der Waals surface area contributed by atoms with Gasteiger partial charge < -0.3 is 14.8 Å². The number of ether oxygens (including phenoxy) is 2. The predicted molar refractivity (Wildman–Crippen MR) is 134 cm³/mol. The first-order valence-corrected chi connectivity index (χ1v) is 12.4. The number of carbonyl (C=O) groups is 1. The van der Waals surface area contributed by atoms with E-state index in [0.29, 0.717) is 29.3 Å². The number of rotatable bonds is 9. The standard InChI is InChI=1S/C26H30N2O5S/c1-6-24(33-21-11-8-18(3)19(4)16-21)26(29)27-20-9-12-22(13-10-20)34(30,31)28-23-15-17(2)7-14-25(23)32-5/h7-16,24,28H,6H2,1-5H3,(H,27,29). The Balaban J connectivity index is 1.70. The van der Waals surface area contributed by atoms with Gasteiger partial charge in [0.1, 0.15) is 11.5 Å². The molecular weight excluding hydrogens is 452 g/mol. The van der Waals surface area contributed by atoms with Crippen LogP contribution in [0.1, 0.15) is 30.0 Å². The van der Waals surface area contributed by atoms with E-state index in [-0.39, 0.29) is 10.8 Å². The Kier molecular flexibility index (Phi) is 7.83. The summed E-state index contributed by atoms with van der Waals surface area (Å²) in [5, 5.41) is 2.79. The minimum atomic E-state index is -3.84. The Morgan fingerprint density at radius 3 is 2.26 bits per heavy atom. The van der Waals surface area contributed by atoms with Crippen LogP contribution in [-0.4, -0.2) is 27.5 Å². The van der Waals surface area contributed by atoms with Crippen molar-refractivity contribution >= 4 is 27.3 Å². The van der Waals surface area contributed by atoms with Crippen molar-refractivity contribution in [3.05, 3.63) is 77.4 Å². The van der Waals surface area contributed by atoms with Crippen LogP contribution in [0.15, 0.2) is 65.6 Å². The second-order valence-corrected chi connectivity index (χ2v) is 9.77. The highest BCUT2D eigenvalue weighted by molar-refractivity contribution is 7.92. The van der Waals surface area contributed by atoms with Gasteiger partial charge in [0, 0.05) is 5.69 Å². The molecule has 0 spiro atoms. The third-order valence-corrected chi connectivity index (χ3v) is 6.83. The molecule has 7 nitrogen and oxygen atoms in total. The first-order chi connectivity index (χ1) is 16.1. The molecule has 3 rings (SSSR count). The van der Waals surface area contributed by atoms with Crippen molar-refractivity contribution in [2.75, 3.05) is 17.1 Å². The lowest BCUT2D eigenvalue weighted by atomic mass is 10.1. The molecule has 180 valence electrons. The summed E-state index contributed by atoms with van der Waals surface area (Å²) in [6.07, 6.45) is -0.200. The van der Waals surface area contributed by atoms with E-state index in [1.807, 2.05) is 52.0 Å². The van der Waals surface area contributed by atoms with Gasteiger partial charge in [-0.2, -0.15) is 0 Å². The van der Waals surface area contributed by atoms with Crippen LogP contribution in [0.4, 0.5) is 11.4 Å². The molecule has 3 aromatic carbocycles. The number of amides is 1. The number of nitrogens with one attached hydrogen (secondary N) is 2. The third kappa shape index (κ3) is 6.08. The molecule has 8 heteroatoms. The fraction of sp³-hybridized carbons (Fsp3) is 0.269. The maximum absolute atomic E-state index is 12.8. The van der Waals surface area contributed by atoms with Crippen LogP contribution >= 0.6 is 0 Å². The summed E-state index contributed by atoms with van der Waals surface area (Å²) in [5.41, 5.74) is 3.95. The quantitative estimate of drug-likeness (QED) is 0.436. The molecule has 0 bridgehead atoms. The number of hydrogen-bond donors (Lipinski definition) is 2. The van der Waals surface area contributed by atoms with Crippen LogP contribution in [0.25, 0.3) is 0 Å². The maximum Gasteiger partial charge on any atom is 0.265 e. The molecular formula is C26H30N2O5S. The average Bonchev–Trinajstić information content (AvgIpc) is 2.80. The SMILES string of the molecule is CCC(Oc1ccc(C)c(C)c1)C(=O)Nc1ccc(S(=O)(=O)Nc2cc(C)ccc2OC)cc1. The van der Waals surface area contributed by atoms with Crippen LogP contribution in [0, 0.1) is 20.8 Å². The average molecular weight is 483 g/mol. The molecule has 0 saturated heterocycles. The van der Waals surface area contributed by atoms with Gasteiger partial charge in [-0.25, -0.2) is 8.42 Å². The van der Waals surface area contributed by atoms with Crippen molar-refractivity contribution in [1.29, 1.82) is 0 Å². The lowest BCUT2D eigenvalue weighted by Crippen LogP contribution is -2.32. The van der Waals surface area contributed by atoms with E-state index >= 15 is 0 Å². The molecule has 3 aromatic rings. The second-order valence-electron chi connectivity index (χ2n) is 8.08. The number of anilines is 2. The Morgan fingerprint density at radius 1 is 0.941 bits per heavy atom. The van der Waals surface area contributed by atoms with Crippen molar-refractivity contribution in [2.24, 2.45) is 0 Å². The molecule has 0 saturated carbocycles. The number of hydrogen-bond acceptors (Lipinski definition) is 5. The normalized spacial score (nSPS) is 12.0. The van der Waals surface area contributed by atoms with Crippen LogP contribution in [0.2, 0.25) is 0 Å². The van der Waals surface area contributed by atoms with Gasteiger partial charge in [-0.1, -0.05) is 19.1 Å². The molecule has 0 aliphatic rings. The molecule has 1 atom stereocenters. The van der Waals surface area contributed by atoms with Crippen molar-refractivity contribution in [1.82, 2.24) is 0 Å². The molecule has 2 N–H and O–H groups in total. The monoisotopic (exact) mass is 482 g/mol. The largest absolute Gasteiger partial charge is 0.495 e. The van der Waals surface area contributed by atoms with Crippen LogP contribution in [0.3, 0.4) is 0 Å². The van der Waals surface area contributed by atoms with Gasteiger partial charge in [-0.3, -0.25) is 9.52 Å². The highest BCUT2D eigenvalue weighted by Crippen LogP contribution is 2.28. The molecule has 0 heterocycles. The van der Waals surface area contributed by atoms with Crippen LogP contribution in [0.5, 0.6) is 11.5 Å². The minimum Gasteiger partial charge on any atom is -0.495 e. The Labute approximate surface area is 201 Å². The van der Waals surface area contributed by atoms with Crippen molar-refractivity contribution in [3.63, 3.8) is 0 Å². The van der Waals surface area contributed by atoms with Crippen molar-refractivity contribution < 1.29 is 22.7 Å². The Bertz CT molecular complexity index is 1270. The Hall–Kier alpha value is -3.52. The van der Waals surface area contributed by atoms with Gasteiger partial charge >= 0.3 is 0 Å². The highest BCUT2D eigenvalue weighted by atomic mass is 32.2. The first kappa shape index (κ1) is 25.1. The highest BCUT2D eigenvalue weighted by Gasteiger charge is 2.20. The number of methoxy groups -OCH3 is 1. The van der Waals surface area contributed by atoms with Gasteiger partial charge in [0.05, 0.1) is 17.7 Å². The minimum absolute atomic E-state index is 0.0625. The third-order valence-electron chi connectivity index (χ3n) is 5.45. The van der Waals surface area contributed by atoms with E-state index in [9.17, 15) is 13.2 Å². The fourth-order valence-electron chi connectivity index (χ4n) is 3.32. The molecule has 0 aromatic heterocycles. The number of carbonyl (C=O) groups excluding carboxylic acids is 1. The van der Waals surface area contributed by atoms with Crippen molar-refractivity contribution in [3.8, 4) is 11.5 Å². The van der Waals surface area contributed by atoms with Crippen LogP contribution in [-0.2, 0) is 14.8 Å². The van der Waals surface area contributed by atoms with E-state index in [1.165, 1.54) is 19.2 Å². The molecule has 34 heavy (non-hydrogen) atoms. The fourth-order valence-corrected chi connectivity index (χ4v) is 4.38. The van der Waals surface area contributed by atoms with Crippen LogP contribution < -0.4 is 19.5 Å². The summed E-state index contributed by atoms with van der Waals surface area (Å²) in [7, 11) is -2.37. The molecule has 1 unspecified atom stereocenters. The lowest BCUT2D eigenvalue weighted by Gasteiger charge is -2.18. The first-order valence-electron chi connectivity index (χ1n) is 10.9. The summed E-state index contributed by atoms with van der Waals surface area (Å²) in [5.74, 6) is 0.746. The zero-order valence-electron chi connectivity index (χ0n) is 20.0. The van der Waals surface area contributed by atoms with Gasteiger partial charge in [-0.15, -0.1) is 0 Å². The summed E-state index contributed by atoms with van der Waals surface area (Å²) >= 11 is 0. The summed E-state index contributed by atoms with van der Waals surface area (Å²) in [6, 6.07) is 16.9. The number of sulfonamides is 1. The smallest absolute Gasteiger partial charge is 0.265 e. The topological polar surface area (TPSA) is 93.7 Å². The van der Waals surface area contributed by atoms with E-state index < -0.39 is 16.1 Å². The second kappa shape index (κ2) is 10.6. The molecule has 0 aliphatic heterocycles. The van der Waals surface area contributed by atoms with E-state index in [1.54, 1.807) is 24.3 Å². The van der Waals surface area contributed by atoms with E-state index in [2.05, 4.69) is 10.0 Å². The van der Waals surface area contributed by atoms with Gasteiger partial charge in [0.25, 0.3) is 15.9 Å². The molecule has 0 fully saturated rings. The summed E-state index contributed by atoms with van der Waals surface area (Å²) in [4.78, 5) is 12.8. The zero-order valence-corrected chi connectivity index (χ0v) is 20.8. The number of aryl methyl sites for hydroxylation is 3.